The monoisotopic (exact) mass is 290 g/mol. The second kappa shape index (κ2) is 41.3. The van der Waals surface area contributed by atoms with Gasteiger partial charge in [0, 0.05) is 5.48 Å². The second-order valence-electron chi connectivity index (χ2n) is 0. The molecular weight excluding hydrogens is 290 g/mol. The number of hydrogen-bond donors (Lipinski definition) is 0. The number of rotatable bonds is 0. The SMILES string of the molecule is [O].[S-2].[S-2].[S-2].[Y+3].[Y+3]. The van der Waals surface area contributed by atoms with Crippen molar-refractivity contribution in [1.82, 2.24) is 0 Å². The van der Waals surface area contributed by atoms with Gasteiger partial charge in [-0.15, -0.1) is 0 Å². The van der Waals surface area contributed by atoms with E-state index in [1.807, 2.05) is 0 Å². The molecule has 1 nitrogen and oxygen atoms in total. The molecule has 0 aromatic rings. The van der Waals surface area contributed by atoms with Gasteiger partial charge in [-0.1, -0.05) is 0 Å². The zero-order valence-corrected chi connectivity index (χ0v) is 10.9. The largest absolute Gasteiger partial charge is 3.00 e. The van der Waals surface area contributed by atoms with Gasteiger partial charge in [-0.05, 0) is 0 Å². The predicted octanol–water partition coefficient (Wildman–Crippen LogP) is -0.131. The molecule has 0 N–H and O–H groups in total. The maximum atomic E-state index is 0. The normalized spacial score (nSPS) is 0. The molecule has 30 valence electrons. The van der Waals surface area contributed by atoms with E-state index in [1.54, 1.807) is 0 Å². The van der Waals surface area contributed by atoms with Gasteiger partial charge in [0.05, 0.1) is 0 Å². The molecule has 0 saturated heterocycles. The van der Waals surface area contributed by atoms with Crippen LogP contribution in [0.3, 0.4) is 0 Å². The molecule has 0 amide bonds. The van der Waals surface area contributed by atoms with Crippen LogP contribution in [0.4, 0.5) is 0 Å². The van der Waals surface area contributed by atoms with E-state index >= 15 is 0 Å². The van der Waals surface area contributed by atoms with Gasteiger partial charge < -0.3 is 40.5 Å². The Morgan fingerprint density at radius 3 is 0.500 bits per heavy atom. The molecule has 6 heavy (non-hydrogen) atoms. The molecule has 0 bridgehead atoms. The van der Waals surface area contributed by atoms with Crippen LogP contribution in [0.15, 0.2) is 0 Å². The first-order chi connectivity index (χ1) is 0. The molecule has 6 heteroatoms. The summed E-state index contributed by atoms with van der Waals surface area (Å²) in [5.74, 6) is 0. The Bertz CT molecular complexity index is 8.75. The van der Waals surface area contributed by atoms with Crippen molar-refractivity contribution in [3.8, 4) is 0 Å². The summed E-state index contributed by atoms with van der Waals surface area (Å²) in [7, 11) is 0. The van der Waals surface area contributed by atoms with Crippen molar-refractivity contribution in [3.63, 3.8) is 0 Å². The van der Waals surface area contributed by atoms with Gasteiger partial charge in [0.15, 0.2) is 0 Å². The zero-order valence-electron chi connectivity index (χ0n) is 2.79. The molecule has 0 heterocycles. The summed E-state index contributed by atoms with van der Waals surface area (Å²) in [4.78, 5) is 0. The van der Waals surface area contributed by atoms with E-state index in [0.717, 1.165) is 0 Å². The topological polar surface area (TPSA) is 28.5 Å². The van der Waals surface area contributed by atoms with Crippen LogP contribution < -0.4 is 0 Å². The smallest absolute Gasteiger partial charge is 2.00 e. The number of hydrogen-bond acceptors (Lipinski definition) is 0. The van der Waals surface area contributed by atoms with Crippen LogP contribution >= 0.6 is 0 Å². The molecule has 0 unspecified atom stereocenters. The third kappa shape index (κ3) is 27.0. The zero-order chi connectivity index (χ0) is 0. The minimum absolute atomic E-state index is 0. The first-order valence-electron chi connectivity index (χ1n) is 0. The molecule has 0 spiro atoms. The van der Waals surface area contributed by atoms with Crippen LogP contribution in [0.2, 0.25) is 0 Å². The van der Waals surface area contributed by atoms with Crippen molar-refractivity contribution in [2.24, 2.45) is 0 Å². The minimum Gasteiger partial charge on any atom is -2.00 e. The van der Waals surface area contributed by atoms with Gasteiger partial charge in [0.2, 0.25) is 0 Å². The molecule has 0 aromatic carbocycles. The van der Waals surface area contributed by atoms with Crippen LogP contribution in [-0.2, 0) is 111 Å². The van der Waals surface area contributed by atoms with E-state index in [4.69, 9.17) is 0 Å². The average molecular weight is 290 g/mol. The summed E-state index contributed by atoms with van der Waals surface area (Å²) in [6.07, 6.45) is 0. The Balaban J connectivity index is 0. The molecule has 0 saturated carbocycles. The maximum absolute atomic E-state index is 0. The summed E-state index contributed by atoms with van der Waals surface area (Å²) in [5.41, 5.74) is 0. The molecular formula is OS3Y2. The van der Waals surface area contributed by atoms with Crippen LogP contribution in [0.25, 0.3) is 0 Å². The third-order valence-corrected chi connectivity index (χ3v) is 0. The van der Waals surface area contributed by atoms with E-state index in [1.165, 1.54) is 0 Å². The fourth-order valence-electron chi connectivity index (χ4n) is 0. The van der Waals surface area contributed by atoms with Crippen molar-refractivity contribution < 1.29 is 70.9 Å². The molecule has 0 fully saturated rings. The molecule has 0 rings (SSSR count). The fraction of sp³-hybridized carbons (Fsp3) is 0. The maximum Gasteiger partial charge on any atom is 3.00 e. The predicted molar refractivity (Wildman–Crippen MR) is 22.8 cm³/mol. The molecule has 0 aliphatic heterocycles. The standard InChI is InChI=1S/O.3S.2Y/q;3*-2;2*+3. The van der Waals surface area contributed by atoms with E-state index in [-0.39, 0.29) is 111 Å². The summed E-state index contributed by atoms with van der Waals surface area (Å²) in [6, 6.07) is 0. The van der Waals surface area contributed by atoms with E-state index in [9.17, 15) is 0 Å². The third-order valence-electron chi connectivity index (χ3n) is 0. The van der Waals surface area contributed by atoms with Crippen LogP contribution in [0.5, 0.6) is 0 Å². The van der Waals surface area contributed by atoms with Gasteiger partial charge in [-0.3, -0.25) is 0 Å². The molecule has 0 aromatic heterocycles. The summed E-state index contributed by atoms with van der Waals surface area (Å²) >= 11 is 0. The van der Waals surface area contributed by atoms with E-state index in [2.05, 4.69) is 0 Å². The quantitative estimate of drug-likeness (QED) is 0.595. The van der Waals surface area contributed by atoms with Crippen molar-refractivity contribution in [2.45, 2.75) is 0 Å². The van der Waals surface area contributed by atoms with Gasteiger partial charge >= 0.3 is 65.4 Å². The Hall–Kier alpha value is 3.22. The molecule has 0 atom stereocenters. The Morgan fingerprint density at radius 2 is 0.500 bits per heavy atom. The van der Waals surface area contributed by atoms with Crippen molar-refractivity contribution in [2.75, 3.05) is 0 Å². The van der Waals surface area contributed by atoms with Crippen LogP contribution in [0.1, 0.15) is 0 Å². The molecule has 0 aliphatic carbocycles. The van der Waals surface area contributed by atoms with E-state index < -0.39 is 0 Å². The van der Waals surface area contributed by atoms with Gasteiger partial charge in [-0.25, -0.2) is 0 Å². The molecule has 2 radical (unpaired) electrons. The van der Waals surface area contributed by atoms with Crippen LogP contribution in [0, 0.1) is 0 Å². The van der Waals surface area contributed by atoms with Crippen LogP contribution in [-0.4, -0.2) is 0 Å². The Labute approximate surface area is 109 Å². The second-order valence-corrected chi connectivity index (χ2v) is 0. The van der Waals surface area contributed by atoms with Crippen molar-refractivity contribution in [3.05, 3.63) is 0 Å². The fourth-order valence-corrected chi connectivity index (χ4v) is 0. The summed E-state index contributed by atoms with van der Waals surface area (Å²) < 4.78 is 0. The molecule has 0 aliphatic rings. The summed E-state index contributed by atoms with van der Waals surface area (Å²) in [6.45, 7) is 0. The Kier molecular flexibility index (Phi) is 414. The first kappa shape index (κ1) is 60.1. The van der Waals surface area contributed by atoms with Crippen molar-refractivity contribution in [1.29, 1.82) is 0 Å². The van der Waals surface area contributed by atoms with Gasteiger partial charge in [0.25, 0.3) is 0 Å². The Morgan fingerprint density at radius 1 is 0.500 bits per heavy atom. The average Bonchev–Trinajstić information content (AvgIpc) is 0. The first-order valence-corrected chi connectivity index (χ1v) is 0. The minimum atomic E-state index is 0. The summed E-state index contributed by atoms with van der Waals surface area (Å²) in [5, 5.41) is 0. The van der Waals surface area contributed by atoms with Crippen molar-refractivity contribution >= 4 is 40.5 Å². The van der Waals surface area contributed by atoms with Gasteiger partial charge in [-0.2, -0.15) is 0 Å². The van der Waals surface area contributed by atoms with E-state index in [0.29, 0.717) is 0 Å². The van der Waals surface area contributed by atoms with Gasteiger partial charge in [0.1, 0.15) is 0 Å².